The van der Waals surface area contributed by atoms with Crippen molar-refractivity contribution in [2.24, 2.45) is 17.6 Å². The van der Waals surface area contributed by atoms with Crippen molar-refractivity contribution in [3.63, 3.8) is 0 Å². The van der Waals surface area contributed by atoms with Crippen LogP contribution in [0.5, 0.6) is 0 Å². The molecule has 1 aliphatic heterocycles. The van der Waals surface area contributed by atoms with Gasteiger partial charge in [-0.25, -0.2) is 4.39 Å². The second-order valence-electron chi connectivity index (χ2n) is 6.01. The number of nitrogens with two attached hydrogens (primary N) is 1. The van der Waals surface area contributed by atoms with Crippen LogP contribution in [0, 0.1) is 31.3 Å². The number of rotatable bonds is 2. The number of halogens is 2. The second-order valence-corrected chi connectivity index (χ2v) is 7.17. The van der Waals surface area contributed by atoms with Gasteiger partial charge in [0.15, 0.2) is 0 Å². The first-order valence-electron chi connectivity index (χ1n) is 7.09. The Kier molecular flexibility index (Phi) is 4.04. The second kappa shape index (κ2) is 5.68. The van der Waals surface area contributed by atoms with E-state index in [-0.39, 0.29) is 15.3 Å². The summed E-state index contributed by atoms with van der Waals surface area (Å²) in [6.07, 6.45) is 3.03. The summed E-state index contributed by atoms with van der Waals surface area (Å²) in [6, 6.07) is 2.85. The lowest BCUT2D eigenvalue weighted by atomic mass is 9.79. The molecule has 1 saturated carbocycles. The van der Waals surface area contributed by atoms with Crippen molar-refractivity contribution < 1.29 is 9.31 Å². The standard InChI is InChI=1S/C14H17FIN3O2/c15-11-4-13(14(19(20)21)5-12(11)16)18-6-8-1-2-10(17)3-9(8)7-18/h4-5,8-10H,1-3,6-7,17H2/t8-,9+,10?/m1/s1. The molecule has 1 unspecified atom stereocenters. The van der Waals surface area contributed by atoms with E-state index < -0.39 is 10.7 Å². The Bertz CT molecular complexity index is 584. The summed E-state index contributed by atoms with van der Waals surface area (Å²) in [6.45, 7) is 1.50. The van der Waals surface area contributed by atoms with E-state index in [1.54, 1.807) is 22.6 Å². The van der Waals surface area contributed by atoms with Crippen LogP contribution in [0.25, 0.3) is 0 Å². The average Bonchev–Trinajstić information content (AvgIpc) is 2.83. The topological polar surface area (TPSA) is 72.4 Å². The Hall–Kier alpha value is -0.960. The number of hydrogen-bond acceptors (Lipinski definition) is 4. The zero-order chi connectivity index (χ0) is 15.1. The normalized spacial score (nSPS) is 28.5. The smallest absolute Gasteiger partial charge is 0.293 e. The van der Waals surface area contributed by atoms with Crippen molar-refractivity contribution in [1.29, 1.82) is 0 Å². The minimum absolute atomic E-state index is 0.0104. The lowest BCUT2D eigenvalue weighted by Crippen LogP contribution is -2.32. The van der Waals surface area contributed by atoms with E-state index in [4.69, 9.17) is 5.73 Å². The molecule has 114 valence electrons. The molecule has 0 aromatic heterocycles. The molecule has 7 heteroatoms. The zero-order valence-electron chi connectivity index (χ0n) is 11.5. The zero-order valence-corrected chi connectivity index (χ0v) is 13.6. The van der Waals surface area contributed by atoms with E-state index in [2.05, 4.69) is 0 Å². The first kappa shape index (κ1) is 15.0. The number of anilines is 1. The third-order valence-corrected chi connectivity index (χ3v) is 5.47. The average molecular weight is 405 g/mol. The van der Waals surface area contributed by atoms with Crippen LogP contribution in [0.3, 0.4) is 0 Å². The molecule has 0 bridgehead atoms. The molecular formula is C14H17FIN3O2. The molecule has 21 heavy (non-hydrogen) atoms. The van der Waals surface area contributed by atoms with E-state index in [0.717, 1.165) is 32.4 Å². The largest absolute Gasteiger partial charge is 0.365 e. The van der Waals surface area contributed by atoms with Crippen LogP contribution in [0.4, 0.5) is 15.8 Å². The molecule has 0 radical (unpaired) electrons. The van der Waals surface area contributed by atoms with Crippen molar-refractivity contribution in [2.45, 2.75) is 25.3 Å². The van der Waals surface area contributed by atoms with Crippen LogP contribution in [0.15, 0.2) is 12.1 Å². The summed E-state index contributed by atoms with van der Waals surface area (Å²) in [5, 5.41) is 11.2. The molecule has 1 saturated heterocycles. The molecule has 5 nitrogen and oxygen atoms in total. The molecule has 3 rings (SSSR count). The van der Waals surface area contributed by atoms with Gasteiger partial charge in [0, 0.05) is 31.3 Å². The van der Waals surface area contributed by atoms with Gasteiger partial charge in [0.05, 0.1) is 8.49 Å². The Morgan fingerprint density at radius 2 is 2.05 bits per heavy atom. The van der Waals surface area contributed by atoms with E-state index in [1.807, 2.05) is 4.90 Å². The minimum atomic E-state index is -0.426. The molecule has 1 heterocycles. The first-order chi connectivity index (χ1) is 9.95. The monoisotopic (exact) mass is 405 g/mol. The van der Waals surface area contributed by atoms with Crippen molar-refractivity contribution in [2.75, 3.05) is 18.0 Å². The predicted molar refractivity (Wildman–Crippen MR) is 86.8 cm³/mol. The molecule has 1 aliphatic carbocycles. The molecule has 2 N–H and O–H groups in total. The van der Waals surface area contributed by atoms with Gasteiger partial charge < -0.3 is 10.6 Å². The minimum Gasteiger partial charge on any atom is -0.365 e. The van der Waals surface area contributed by atoms with Gasteiger partial charge in [-0.05, 0) is 53.7 Å². The van der Waals surface area contributed by atoms with Crippen LogP contribution in [0.2, 0.25) is 0 Å². The molecule has 2 fully saturated rings. The molecule has 3 atom stereocenters. The van der Waals surface area contributed by atoms with Crippen molar-refractivity contribution in [3.8, 4) is 0 Å². The Morgan fingerprint density at radius 3 is 2.76 bits per heavy atom. The third kappa shape index (κ3) is 2.85. The van der Waals surface area contributed by atoms with E-state index in [0.29, 0.717) is 17.5 Å². The predicted octanol–water partition coefficient (Wildman–Crippen LogP) is 2.90. The number of hydrogen-bond donors (Lipinski definition) is 1. The summed E-state index contributed by atoms with van der Waals surface area (Å²) in [4.78, 5) is 12.8. The molecule has 1 aromatic carbocycles. The highest BCUT2D eigenvalue weighted by Gasteiger charge is 2.38. The maximum atomic E-state index is 13.8. The van der Waals surface area contributed by atoms with E-state index in [1.165, 1.54) is 12.1 Å². The summed E-state index contributed by atoms with van der Waals surface area (Å²) in [5.74, 6) is 0.588. The van der Waals surface area contributed by atoms with Gasteiger partial charge in [0.1, 0.15) is 11.5 Å². The molecule has 0 spiro atoms. The maximum absolute atomic E-state index is 13.8. The van der Waals surface area contributed by atoms with E-state index >= 15 is 0 Å². The fraction of sp³-hybridized carbons (Fsp3) is 0.571. The Balaban J connectivity index is 1.91. The van der Waals surface area contributed by atoms with Gasteiger partial charge in [0.2, 0.25) is 0 Å². The van der Waals surface area contributed by atoms with E-state index in [9.17, 15) is 14.5 Å². The number of nitrogens with zero attached hydrogens (tertiary/aromatic N) is 2. The molecular weight excluding hydrogens is 388 g/mol. The van der Waals surface area contributed by atoms with Crippen molar-refractivity contribution in [3.05, 3.63) is 31.6 Å². The number of fused-ring (bicyclic) bond motifs is 1. The molecule has 2 aliphatic rings. The van der Waals surface area contributed by atoms with Crippen LogP contribution < -0.4 is 10.6 Å². The summed E-state index contributed by atoms with van der Waals surface area (Å²) >= 11 is 1.78. The van der Waals surface area contributed by atoms with Gasteiger partial charge in [0.25, 0.3) is 5.69 Å². The van der Waals surface area contributed by atoms with Gasteiger partial charge in [-0.2, -0.15) is 0 Å². The Labute approximate surface area is 136 Å². The lowest BCUT2D eigenvalue weighted by Gasteiger charge is -2.27. The number of benzene rings is 1. The van der Waals surface area contributed by atoms with Crippen LogP contribution in [-0.2, 0) is 0 Å². The summed E-state index contributed by atoms with van der Waals surface area (Å²) < 4.78 is 14.1. The van der Waals surface area contributed by atoms with Crippen molar-refractivity contribution in [1.82, 2.24) is 0 Å². The van der Waals surface area contributed by atoms with Gasteiger partial charge in [-0.3, -0.25) is 10.1 Å². The lowest BCUT2D eigenvalue weighted by molar-refractivity contribution is -0.384. The van der Waals surface area contributed by atoms with Gasteiger partial charge in [-0.15, -0.1) is 0 Å². The van der Waals surface area contributed by atoms with Crippen molar-refractivity contribution >= 4 is 34.0 Å². The summed E-state index contributed by atoms with van der Waals surface area (Å²) in [7, 11) is 0. The first-order valence-corrected chi connectivity index (χ1v) is 8.17. The summed E-state index contributed by atoms with van der Waals surface area (Å²) in [5.41, 5.74) is 6.40. The van der Waals surface area contributed by atoms with Gasteiger partial charge >= 0.3 is 0 Å². The highest BCUT2D eigenvalue weighted by Crippen LogP contribution is 2.41. The molecule has 0 amide bonds. The maximum Gasteiger partial charge on any atom is 0.293 e. The SMILES string of the molecule is NC1CC[C@@H]2CN(c3cc(F)c(I)cc3[N+](=O)[O-])C[C@@H]2C1. The quantitative estimate of drug-likeness (QED) is 0.467. The third-order valence-electron chi connectivity index (χ3n) is 4.65. The fourth-order valence-electron chi connectivity index (χ4n) is 3.59. The van der Waals surface area contributed by atoms with Crippen LogP contribution >= 0.6 is 22.6 Å². The van der Waals surface area contributed by atoms with Crippen LogP contribution in [0.1, 0.15) is 19.3 Å². The molecule has 1 aromatic rings. The van der Waals surface area contributed by atoms with Gasteiger partial charge in [-0.1, -0.05) is 0 Å². The fourth-order valence-corrected chi connectivity index (χ4v) is 4.04. The number of nitro groups is 1. The highest BCUT2D eigenvalue weighted by atomic mass is 127. The number of nitro benzene ring substituents is 1. The highest BCUT2D eigenvalue weighted by molar-refractivity contribution is 14.1. The van der Waals surface area contributed by atoms with Crippen LogP contribution in [-0.4, -0.2) is 24.1 Å². The Morgan fingerprint density at radius 1 is 1.33 bits per heavy atom.